The number of unbranched alkanes of at least 4 members (excludes halogenated alkanes) is 3. The summed E-state index contributed by atoms with van der Waals surface area (Å²) in [6, 6.07) is 0. The summed E-state index contributed by atoms with van der Waals surface area (Å²) in [5, 5.41) is 0. The maximum absolute atomic E-state index is 11.5. The molecule has 0 heterocycles. The number of esters is 1. The quantitative estimate of drug-likeness (QED) is 0.302. The average molecular weight is 264 g/mol. The van der Waals surface area contributed by atoms with Gasteiger partial charge in [0.15, 0.2) is 0 Å². The van der Waals surface area contributed by atoms with Crippen LogP contribution in [0, 0.1) is 5.41 Å². The predicted molar refractivity (Wildman–Crippen MR) is 75.3 cm³/mol. The first kappa shape index (κ1) is 16.2. The third-order valence-electron chi connectivity index (χ3n) is 2.56. The molecule has 0 saturated heterocycles. The first-order chi connectivity index (χ1) is 7.40. The molecule has 0 unspecified atom stereocenters. The molecule has 0 aromatic carbocycles. The molecule has 0 N–H and O–H groups in total. The van der Waals surface area contributed by atoms with E-state index in [1.165, 1.54) is 12.8 Å². The van der Waals surface area contributed by atoms with E-state index in [1.807, 2.05) is 13.8 Å². The lowest BCUT2D eigenvalue weighted by molar-refractivity contribution is -0.145. The Hall–Kier alpha value is 0.170. The molecule has 0 bridgehead atoms. The van der Waals surface area contributed by atoms with Gasteiger partial charge in [-0.25, -0.2) is 0 Å². The fourth-order valence-electron chi connectivity index (χ4n) is 1.23. The molecule has 0 aliphatic heterocycles. The number of hydrogen-bond donors (Lipinski definition) is 2. The number of hydrogen-bond acceptors (Lipinski definition) is 4. The maximum Gasteiger partial charge on any atom is 0.306 e. The van der Waals surface area contributed by atoms with E-state index in [-0.39, 0.29) is 16.0 Å². The molecule has 0 aromatic heterocycles. The summed E-state index contributed by atoms with van der Waals surface area (Å²) >= 11 is 8.49. The summed E-state index contributed by atoms with van der Waals surface area (Å²) in [6.07, 6.45) is 4.87. The van der Waals surface area contributed by atoms with Crippen molar-refractivity contribution in [2.75, 3.05) is 6.61 Å². The monoisotopic (exact) mass is 264 g/mol. The van der Waals surface area contributed by atoms with Crippen LogP contribution < -0.4 is 0 Å². The van der Waals surface area contributed by atoms with Crippen molar-refractivity contribution in [3.05, 3.63) is 0 Å². The van der Waals surface area contributed by atoms with E-state index in [1.54, 1.807) is 0 Å². The lowest BCUT2D eigenvalue weighted by Crippen LogP contribution is -2.25. The van der Waals surface area contributed by atoms with Crippen molar-refractivity contribution in [2.24, 2.45) is 5.41 Å². The Kier molecular flexibility index (Phi) is 8.38. The highest BCUT2D eigenvalue weighted by Crippen LogP contribution is 2.31. The molecular formula is C12H24O2S2. The molecule has 0 aliphatic rings. The van der Waals surface area contributed by atoms with Gasteiger partial charge in [-0.15, -0.1) is 0 Å². The van der Waals surface area contributed by atoms with Crippen LogP contribution in [0.15, 0.2) is 0 Å². The SMILES string of the molecule is CCCCCCOC(=O)CC(C)(C)C(S)S. The van der Waals surface area contributed by atoms with Gasteiger partial charge < -0.3 is 4.74 Å². The number of carbonyl (C=O) groups excluding carboxylic acids is 1. The third kappa shape index (κ3) is 7.44. The number of thiol groups is 2. The summed E-state index contributed by atoms with van der Waals surface area (Å²) in [5.74, 6) is -0.144. The van der Waals surface area contributed by atoms with Crippen molar-refractivity contribution >= 4 is 31.2 Å². The number of ether oxygens (including phenoxy) is 1. The summed E-state index contributed by atoms with van der Waals surface area (Å²) in [6.45, 7) is 6.64. The zero-order valence-electron chi connectivity index (χ0n) is 10.5. The summed E-state index contributed by atoms with van der Waals surface area (Å²) < 4.78 is 5.06. The van der Waals surface area contributed by atoms with E-state index in [0.717, 1.165) is 12.8 Å². The first-order valence-corrected chi connectivity index (χ1v) is 6.95. The molecule has 0 saturated carbocycles. The van der Waals surface area contributed by atoms with Crippen LogP contribution in [-0.2, 0) is 9.53 Å². The van der Waals surface area contributed by atoms with E-state index < -0.39 is 0 Å². The van der Waals surface area contributed by atoms with Gasteiger partial charge >= 0.3 is 5.97 Å². The smallest absolute Gasteiger partial charge is 0.306 e. The van der Waals surface area contributed by atoms with Crippen LogP contribution in [0.5, 0.6) is 0 Å². The highest BCUT2D eigenvalue weighted by atomic mass is 32.2. The highest BCUT2D eigenvalue weighted by Gasteiger charge is 2.27. The predicted octanol–water partition coefficient (Wildman–Crippen LogP) is 3.71. The van der Waals surface area contributed by atoms with Crippen molar-refractivity contribution in [3.63, 3.8) is 0 Å². The second-order valence-electron chi connectivity index (χ2n) is 4.82. The fourth-order valence-corrected chi connectivity index (χ4v) is 1.41. The number of rotatable bonds is 8. The first-order valence-electron chi connectivity index (χ1n) is 5.92. The van der Waals surface area contributed by atoms with Crippen LogP contribution in [0.3, 0.4) is 0 Å². The standard InChI is InChI=1S/C12H24O2S2/c1-4-5-6-7-8-14-10(13)9-12(2,3)11(15)16/h11,15-16H,4-9H2,1-3H3. The number of carbonyl (C=O) groups is 1. The van der Waals surface area contributed by atoms with Gasteiger partial charge in [0.1, 0.15) is 0 Å². The molecule has 2 nitrogen and oxygen atoms in total. The Morgan fingerprint density at radius 3 is 2.38 bits per heavy atom. The minimum Gasteiger partial charge on any atom is -0.466 e. The topological polar surface area (TPSA) is 26.3 Å². The summed E-state index contributed by atoms with van der Waals surface area (Å²) in [5.41, 5.74) is -0.229. The Bertz CT molecular complexity index is 203. The molecule has 16 heavy (non-hydrogen) atoms. The van der Waals surface area contributed by atoms with E-state index in [0.29, 0.717) is 13.0 Å². The molecule has 4 heteroatoms. The van der Waals surface area contributed by atoms with Crippen molar-refractivity contribution in [1.82, 2.24) is 0 Å². The fraction of sp³-hybridized carbons (Fsp3) is 0.917. The van der Waals surface area contributed by atoms with Gasteiger partial charge in [0.05, 0.1) is 13.0 Å². The lowest BCUT2D eigenvalue weighted by Gasteiger charge is -2.26. The Balaban J connectivity index is 3.66. The summed E-state index contributed by atoms with van der Waals surface area (Å²) in [7, 11) is 0. The normalized spacial score (nSPS) is 11.9. The molecule has 0 rings (SSSR count). The van der Waals surface area contributed by atoms with E-state index >= 15 is 0 Å². The van der Waals surface area contributed by atoms with Crippen LogP contribution in [0.4, 0.5) is 0 Å². The third-order valence-corrected chi connectivity index (χ3v) is 3.96. The van der Waals surface area contributed by atoms with Crippen LogP contribution in [0.25, 0.3) is 0 Å². The zero-order valence-corrected chi connectivity index (χ0v) is 12.3. The van der Waals surface area contributed by atoms with Crippen LogP contribution in [-0.4, -0.2) is 17.2 Å². The largest absolute Gasteiger partial charge is 0.466 e. The van der Waals surface area contributed by atoms with Gasteiger partial charge in [0, 0.05) is 4.58 Å². The van der Waals surface area contributed by atoms with Gasteiger partial charge in [-0.2, -0.15) is 25.3 Å². The van der Waals surface area contributed by atoms with E-state index in [4.69, 9.17) is 4.74 Å². The van der Waals surface area contributed by atoms with Gasteiger partial charge in [-0.05, 0) is 11.8 Å². The van der Waals surface area contributed by atoms with E-state index in [9.17, 15) is 4.79 Å². The zero-order chi connectivity index (χ0) is 12.6. The maximum atomic E-state index is 11.5. The second kappa shape index (κ2) is 8.29. The minimum absolute atomic E-state index is 0.111. The Morgan fingerprint density at radius 2 is 1.88 bits per heavy atom. The molecule has 0 spiro atoms. The second-order valence-corrected chi connectivity index (χ2v) is 6.26. The Morgan fingerprint density at radius 1 is 1.25 bits per heavy atom. The molecular weight excluding hydrogens is 240 g/mol. The van der Waals surface area contributed by atoms with Crippen molar-refractivity contribution in [3.8, 4) is 0 Å². The molecule has 0 aromatic rings. The minimum atomic E-state index is -0.229. The van der Waals surface area contributed by atoms with Gasteiger partial charge in [-0.1, -0.05) is 40.0 Å². The van der Waals surface area contributed by atoms with Crippen molar-refractivity contribution in [2.45, 2.75) is 57.5 Å². The Labute approximate surface area is 110 Å². The molecule has 0 amide bonds. The molecule has 0 atom stereocenters. The average Bonchev–Trinajstić information content (AvgIpc) is 2.16. The molecule has 96 valence electrons. The summed E-state index contributed by atoms with van der Waals surface area (Å²) in [4.78, 5) is 11.5. The lowest BCUT2D eigenvalue weighted by atomic mass is 9.92. The van der Waals surface area contributed by atoms with Crippen LogP contribution in [0.2, 0.25) is 0 Å². The van der Waals surface area contributed by atoms with Gasteiger partial charge in [0.25, 0.3) is 0 Å². The van der Waals surface area contributed by atoms with Gasteiger partial charge in [-0.3, -0.25) is 4.79 Å². The van der Waals surface area contributed by atoms with Crippen LogP contribution in [0.1, 0.15) is 52.9 Å². The molecule has 0 fully saturated rings. The van der Waals surface area contributed by atoms with Crippen molar-refractivity contribution < 1.29 is 9.53 Å². The van der Waals surface area contributed by atoms with Crippen LogP contribution >= 0.6 is 25.3 Å². The van der Waals surface area contributed by atoms with E-state index in [2.05, 4.69) is 32.2 Å². The highest BCUT2D eigenvalue weighted by molar-refractivity contribution is 7.99. The van der Waals surface area contributed by atoms with Gasteiger partial charge in [0.2, 0.25) is 0 Å². The molecule has 0 radical (unpaired) electrons. The van der Waals surface area contributed by atoms with Crippen molar-refractivity contribution in [1.29, 1.82) is 0 Å². The molecule has 0 aliphatic carbocycles.